The van der Waals surface area contributed by atoms with Gasteiger partial charge in [-0.2, -0.15) is 18.2 Å². The van der Waals surface area contributed by atoms with E-state index in [1.54, 1.807) is 16.9 Å². The van der Waals surface area contributed by atoms with Gasteiger partial charge in [-0.3, -0.25) is 4.79 Å². The van der Waals surface area contributed by atoms with Gasteiger partial charge in [0, 0.05) is 30.5 Å². The van der Waals surface area contributed by atoms with E-state index < -0.39 is 46.6 Å². The molecular formula is C26H29F4N7O4S. The lowest BCUT2D eigenvalue weighted by Gasteiger charge is -2.33. The van der Waals surface area contributed by atoms with Crippen molar-refractivity contribution in [3.05, 3.63) is 47.7 Å². The van der Waals surface area contributed by atoms with Crippen molar-refractivity contribution in [2.45, 2.75) is 31.2 Å². The highest BCUT2D eigenvalue weighted by molar-refractivity contribution is 7.89. The monoisotopic (exact) mass is 611 g/mol. The zero-order valence-corrected chi connectivity index (χ0v) is 23.7. The fourth-order valence-corrected chi connectivity index (χ4v) is 4.95. The molecule has 3 aromatic rings. The Bertz CT molecular complexity index is 1630. The van der Waals surface area contributed by atoms with Crippen molar-refractivity contribution >= 4 is 32.8 Å². The molecule has 42 heavy (non-hydrogen) atoms. The van der Waals surface area contributed by atoms with Crippen molar-refractivity contribution in [3.63, 3.8) is 0 Å². The van der Waals surface area contributed by atoms with Crippen LogP contribution in [0.2, 0.25) is 0 Å². The number of ether oxygens (including phenoxy) is 1. The summed E-state index contributed by atoms with van der Waals surface area (Å²) < 4.78 is 86.1. The van der Waals surface area contributed by atoms with Crippen LogP contribution >= 0.6 is 0 Å². The van der Waals surface area contributed by atoms with Gasteiger partial charge in [-0.1, -0.05) is 11.8 Å². The first-order chi connectivity index (χ1) is 19.7. The van der Waals surface area contributed by atoms with Crippen molar-refractivity contribution in [1.82, 2.24) is 24.0 Å². The van der Waals surface area contributed by atoms with E-state index in [0.29, 0.717) is 24.2 Å². The molecule has 0 bridgehead atoms. The van der Waals surface area contributed by atoms with E-state index in [9.17, 15) is 30.8 Å². The molecule has 4 heterocycles. The molecule has 1 aliphatic rings. The number of likely N-dealkylation sites (tertiary alicyclic amines) is 1. The van der Waals surface area contributed by atoms with E-state index in [2.05, 4.69) is 32.4 Å². The summed E-state index contributed by atoms with van der Waals surface area (Å²) in [7, 11) is -0.728. The van der Waals surface area contributed by atoms with Gasteiger partial charge in [0.05, 0.1) is 49.8 Å². The van der Waals surface area contributed by atoms with Crippen LogP contribution in [-0.2, 0) is 16.4 Å². The van der Waals surface area contributed by atoms with Gasteiger partial charge in [0.2, 0.25) is 21.7 Å². The predicted octanol–water partition coefficient (Wildman–Crippen LogP) is 2.45. The molecule has 0 radical (unpaired) electrons. The van der Waals surface area contributed by atoms with Crippen molar-refractivity contribution < 1.29 is 35.5 Å². The number of halogens is 4. The number of fused-ring (bicyclic) bond motifs is 1. The number of carbonyl (C=O) groups is 1. The van der Waals surface area contributed by atoms with Gasteiger partial charge in [0.1, 0.15) is 11.9 Å². The number of pyridine rings is 1. The lowest BCUT2D eigenvalue weighted by atomic mass is 10.0. The van der Waals surface area contributed by atoms with Gasteiger partial charge >= 0.3 is 12.1 Å². The second-order valence-electron chi connectivity index (χ2n) is 9.77. The Balaban J connectivity index is 1.57. The molecule has 1 aliphatic heterocycles. The third-order valence-electron chi connectivity index (χ3n) is 6.39. The second kappa shape index (κ2) is 12.4. The Morgan fingerprint density at radius 2 is 2.05 bits per heavy atom. The third kappa shape index (κ3) is 7.79. The minimum Gasteiger partial charge on any atom is -0.479 e. The summed E-state index contributed by atoms with van der Waals surface area (Å²) in [5.41, 5.74) is 1.26. The summed E-state index contributed by atoms with van der Waals surface area (Å²) in [4.78, 5) is 21.6. The lowest BCUT2D eigenvalue weighted by Crippen LogP contribution is -2.46. The van der Waals surface area contributed by atoms with Crippen LogP contribution in [0.15, 0.2) is 30.6 Å². The summed E-state index contributed by atoms with van der Waals surface area (Å²) in [5, 5.41) is 6.03. The molecule has 1 fully saturated rings. The van der Waals surface area contributed by atoms with E-state index in [4.69, 9.17) is 4.74 Å². The standard InChI is InChI=1S/C26H29F4N7O4S/c1-36-11-8-18(17(27)15-36)33-19-7-5-10-37-21(19)12-16(22(37)13-26(28,29)30)6-4-9-31-20-14-32-23(34-25(20)41-2)24(38)35-42(3,39)40/h5,7,10,12,14,17-18,31,33H,8-9,11,13,15H2,1-3H3,(H,35,38)/t17-,18+/m0/s1. The first-order valence-corrected chi connectivity index (χ1v) is 14.6. The van der Waals surface area contributed by atoms with Gasteiger partial charge < -0.3 is 24.7 Å². The van der Waals surface area contributed by atoms with E-state index in [0.717, 1.165) is 6.26 Å². The van der Waals surface area contributed by atoms with E-state index in [1.807, 2.05) is 11.9 Å². The summed E-state index contributed by atoms with van der Waals surface area (Å²) in [6.07, 6.45) is -2.81. The largest absolute Gasteiger partial charge is 0.479 e. The highest BCUT2D eigenvalue weighted by atomic mass is 32.2. The number of methoxy groups -OCH3 is 1. The number of anilines is 2. The number of hydrogen-bond donors (Lipinski definition) is 3. The number of sulfonamides is 1. The molecule has 3 aromatic heterocycles. The zero-order valence-electron chi connectivity index (χ0n) is 22.9. The molecule has 1 amide bonds. The van der Waals surface area contributed by atoms with Crippen LogP contribution in [0.5, 0.6) is 5.88 Å². The van der Waals surface area contributed by atoms with Crippen molar-refractivity contribution in [1.29, 1.82) is 0 Å². The molecule has 0 spiro atoms. The number of hydrogen-bond acceptors (Lipinski definition) is 9. The topological polar surface area (TPSA) is 130 Å². The van der Waals surface area contributed by atoms with Crippen LogP contribution in [-0.4, -0.2) is 92.0 Å². The Morgan fingerprint density at radius 3 is 2.71 bits per heavy atom. The summed E-state index contributed by atoms with van der Waals surface area (Å²) in [6, 6.07) is 4.36. The van der Waals surface area contributed by atoms with E-state index in [-0.39, 0.29) is 35.9 Å². The fourth-order valence-electron chi connectivity index (χ4n) is 4.52. The van der Waals surface area contributed by atoms with Gasteiger partial charge in [0.25, 0.3) is 0 Å². The molecule has 3 N–H and O–H groups in total. The minimum absolute atomic E-state index is 0.0590. The van der Waals surface area contributed by atoms with Gasteiger partial charge in [0.15, 0.2) is 0 Å². The number of alkyl halides is 4. The Morgan fingerprint density at radius 1 is 1.29 bits per heavy atom. The molecule has 16 heteroatoms. The molecule has 4 rings (SSSR count). The first-order valence-electron chi connectivity index (χ1n) is 12.7. The van der Waals surface area contributed by atoms with Gasteiger partial charge in [-0.05, 0) is 31.7 Å². The molecule has 0 saturated carbocycles. The van der Waals surface area contributed by atoms with Crippen molar-refractivity contribution in [2.24, 2.45) is 0 Å². The summed E-state index contributed by atoms with van der Waals surface area (Å²) in [5.74, 6) is 3.98. The number of nitrogens with zero attached hydrogens (tertiary/aromatic N) is 4. The highest BCUT2D eigenvalue weighted by Gasteiger charge is 2.32. The molecule has 0 aromatic carbocycles. The van der Waals surface area contributed by atoms with Crippen molar-refractivity contribution in [3.8, 4) is 17.7 Å². The van der Waals surface area contributed by atoms with Crippen LogP contribution in [0.4, 0.5) is 28.9 Å². The Labute approximate surface area is 239 Å². The first kappa shape index (κ1) is 30.8. The summed E-state index contributed by atoms with van der Waals surface area (Å²) in [6.45, 7) is 0.894. The number of aromatic nitrogens is 3. The molecular weight excluding hydrogens is 582 g/mol. The van der Waals surface area contributed by atoms with Crippen LogP contribution in [0.25, 0.3) is 5.52 Å². The average molecular weight is 612 g/mol. The third-order valence-corrected chi connectivity index (χ3v) is 6.94. The van der Waals surface area contributed by atoms with Gasteiger partial charge in [-0.25, -0.2) is 22.5 Å². The Kier molecular flexibility index (Phi) is 9.12. The zero-order chi connectivity index (χ0) is 30.7. The smallest absolute Gasteiger partial charge is 0.394 e. The SMILES string of the molecule is COc1nc(C(=O)NS(C)(=O)=O)ncc1NCC#Cc1cc2c(N[C@@H]3CCN(C)C[C@@H]3F)cccn2c1CC(F)(F)F. The maximum atomic E-state index is 14.7. The molecule has 226 valence electrons. The van der Waals surface area contributed by atoms with Gasteiger partial charge in [-0.15, -0.1) is 0 Å². The quantitative estimate of drug-likeness (QED) is 0.260. The molecule has 2 atom stereocenters. The second-order valence-corrected chi connectivity index (χ2v) is 11.5. The Hall–Kier alpha value is -4.10. The predicted molar refractivity (Wildman–Crippen MR) is 148 cm³/mol. The minimum atomic E-state index is -4.50. The fraction of sp³-hybridized carbons (Fsp3) is 0.423. The maximum Gasteiger partial charge on any atom is 0.394 e. The molecule has 1 saturated heterocycles. The molecule has 0 unspecified atom stereocenters. The van der Waals surface area contributed by atoms with Crippen LogP contribution in [0.1, 0.15) is 28.3 Å². The van der Waals surface area contributed by atoms with E-state index >= 15 is 0 Å². The lowest BCUT2D eigenvalue weighted by molar-refractivity contribution is -0.128. The summed E-state index contributed by atoms with van der Waals surface area (Å²) >= 11 is 0. The number of piperidine rings is 1. The van der Waals surface area contributed by atoms with Crippen LogP contribution in [0, 0.1) is 11.8 Å². The normalized spacial score (nSPS) is 17.8. The van der Waals surface area contributed by atoms with Crippen LogP contribution < -0.4 is 20.1 Å². The average Bonchev–Trinajstić information content (AvgIpc) is 3.23. The molecule has 0 aliphatic carbocycles. The maximum absolute atomic E-state index is 14.7. The highest BCUT2D eigenvalue weighted by Crippen LogP contribution is 2.30. The number of rotatable bonds is 8. The number of carbonyl (C=O) groups excluding carboxylic acids is 1. The molecule has 11 nitrogen and oxygen atoms in total. The van der Waals surface area contributed by atoms with Crippen LogP contribution in [0.3, 0.4) is 0 Å². The number of nitrogens with one attached hydrogen (secondary N) is 3. The number of amides is 1. The van der Waals surface area contributed by atoms with Crippen molar-refractivity contribution in [2.75, 3.05) is 50.7 Å². The van der Waals surface area contributed by atoms with E-state index in [1.165, 1.54) is 30.0 Å².